The fourth-order valence-corrected chi connectivity index (χ4v) is 5.12. The molecule has 2 aliphatic heterocycles. The van der Waals surface area contributed by atoms with Crippen molar-refractivity contribution in [3.05, 3.63) is 81.0 Å². The third-order valence-electron chi connectivity index (χ3n) is 6.98. The molecule has 6 rings (SSSR count). The molecule has 0 amide bonds. The van der Waals surface area contributed by atoms with Crippen LogP contribution in [0.3, 0.4) is 0 Å². The number of benzene rings is 2. The molecule has 36 heavy (non-hydrogen) atoms. The van der Waals surface area contributed by atoms with E-state index in [0.717, 1.165) is 62.6 Å². The van der Waals surface area contributed by atoms with E-state index in [1.807, 2.05) is 47.0 Å². The maximum Gasteiger partial charge on any atom is 0.330 e. The Bertz CT molecular complexity index is 1460. The summed E-state index contributed by atoms with van der Waals surface area (Å²) in [6.45, 7) is 4.70. The van der Waals surface area contributed by atoms with Crippen molar-refractivity contribution in [3.63, 3.8) is 0 Å². The maximum absolute atomic E-state index is 13.1. The van der Waals surface area contributed by atoms with Crippen LogP contribution in [0.1, 0.15) is 18.4 Å². The van der Waals surface area contributed by atoms with Gasteiger partial charge in [-0.3, -0.25) is 14.3 Å². The summed E-state index contributed by atoms with van der Waals surface area (Å²) in [5, 5.41) is 0. The van der Waals surface area contributed by atoms with E-state index in [9.17, 15) is 9.59 Å². The van der Waals surface area contributed by atoms with Gasteiger partial charge in [0.05, 0.1) is 32.4 Å². The lowest BCUT2D eigenvalue weighted by Crippen LogP contribution is -2.36. The molecular weight excluding hydrogens is 458 g/mol. The Labute approximate surface area is 207 Å². The Morgan fingerprint density at radius 2 is 1.72 bits per heavy atom. The molecule has 2 aliphatic rings. The number of hydrogen-bond acceptors (Lipinski definition) is 6. The second kappa shape index (κ2) is 9.75. The number of aromatic amines is 1. The van der Waals surface area contributed by atoms with Crippen LogP contribution < -0.4 is 16.1 Å². The average Bonchev–Trinajstić information content (AvgIpc) is 3.57. The number of ether oxygens (including phenoxy) is 2. The normalized spacial score (nSPS) is 18.2. The van der Waals surface area contributed by atoms with E-state index >= 15 is 0 Å². The fraction of sp³-hybridized carbons (Fsp3) is 0.370. The zero-order chi connectivity index (χ0) is 24.5. The molecule has 0 spiro atoms. The van der Waals surface area contributed by atoms with Crippen molar-refractivity contribution in [1.29, 1.82) is 0 Å². The SMILES string of the molecule is O=c1[nH]c(=O)n(Cc2ccccc2)c2nc(-c3ccc(N4CCOCC4)cc3)n(CC3CCCO3)c12. The van der Waals surface area contributed by atoms with Gasteiger partial charge in [-0.25, -0.2) is 9.78 Å². The molecule has 0 radical (unpaired) electrons. The highest BCUT2D eigenvalue weighted by Crippen LogP contribution is 2.28. The Balaban J connectivity index is 1.47. The van der Waals surface area contributed by atoms with E-state index in [4.69, 9.17) is 14.5 Å². The quantitative estimate of drug-likeness (QED) is 0.449. The number of imidazole rings is 1. The summed E-state index contributed by atoms with van der Waals surface area (Å²) < 4.78 is 14.9. The first kappa shape index (κ1) is 22.8. The van der Waals surface area contributed by atoms with Crippen LogP contribution in [0, 0.1) is 0 Å². The summed E-state index contributed by atoms with van der Waals surface area (Å²) in [5.41, 5.74) is 2.86. The molecule has 9 nitrogen and oxygen atoms in total. The van der Waals surface area contributed by atoms with Gasteiger partial charge in [-0.05, 0) is 42.7 Å². The Morgan fingerprint density at radius 1 is 0.944 bits per heavy atom. The van der Waals surface area contributed by atoms with Crippen LogP contribution in [0.5, 0.6) is 0 Å². The number of morpholine rings is 1. The molecule has 2 aromatic heterocycles. The van der Waals surface area contributed by atoms with Crippen LogP contribution in [-0.4, -0.2) is 58.1 Å². The molecule has 1 unspecified atom stereocenters. The summed E-state index contributed by atoms with van der Waals surface area (Å²) in [7, 11) is 0. The molecule has 0 bridgehead atoms. The van der Waals surface area contributed by atoms with Crippen molar-refractivity contribution in [2.75, 3.05) is 37.8 Å². The van der Waals surface area contributed by atoms with Crippen molar-refractivity contribution in [2.45, 2.75) is 32.0 Å². The Morgan fingerprint density at radius 3 is 2.44 bits per heavy atom. The number of H-pyrrole nitrogens is 1. The van der Waals surface area contributed by atoms with Gasteiger partial charge in [0.25, 0.3) is 5.56 Å². The molecule has 4 aromatic rings. The second-order valence-electron chi connectivity index (χ2n) is 9.33. The summed E-state index contributed by atoms with van der Waals surface area (Å²) >= 11 is 0. The van der Waals surface area contributed by atoms with Gasteiger partial charge in [-0.15, -0.1) is 0 Å². The third kappa shape index (κ3) is 4.36. The summed E-state index contributed by atoms with van der Waals surface area (Å²) in [5.74, 6) is 0.659. The van der Waals surface area contributed by atoms with E-state index in [0.29, 0.717) is 30.1 Å². The minimum atomic E-state index is -0.465. The number of hydrogen-bond donors (Lipinski definition) is 1. The lowest BCUT2D eigenvalue weighted by molar-refractivity contribution is 0.0982. The summed E-state index contributed by atoms with van der Waals surface area (Å²) in [6, 6.07) is 17.9. The predicted octanol–water partition coefficient (Wildman–Crippen LogP) is 2.62. The highest BCUT2D eigenvalue weighted by atomic mass is 16.5. The molecule has 2 aromatic carbocycles. The van der Waals surface area contributed by atoms with E-state index < -0.39 is 11.2 Å². The first-order chi connectivity index (χ1) is 17.7. The van der Waals surface area contributed by atoms with Gasteiger partial charge in [0, 0.05) is 30.9 Å². The van der Waals surface area contributed by atoms with Gasteiger partial charge < -0.3 is 18.9 Å². The number of anilines is 1. The summed E-state index contributed by atoms with van der Waals surface area (Å²) in [4.78, 5) is 35.7. The third-order valence-corrected chi connectivity index (χ3v) is 6.98. The van der Waals surface area contributed by atoms with Gasteiger partial charge in [0.2, 0.25) is 0 Å². The van der Waals surface area contributed by atoms with Gasteiger partial charge in [-0.1, -0.05) is 30.3 Å². The van der Waals surface area contributed by atoms with Crippen LogP contribution >= 0.6 is 0 Å². The van der Waals surface area contributed by atoms with Crippen LogP contribution in [0.25, 0.3) is 22.6 Å². The molecule has 9 heteroatoms. The number of nitrogens with zero attached hydrogens (tertiary/aromatic N) is 4. The Hall–Kier alpha value is -3.69. The van der Waals surface area contributed by atoms with Crippen molar-refractivity contribution in [1.82, 2.24) is 19.1 Å². The number of aromatic nitrogens is 4. The molecular formula is C27H29N5O4. The van der Waals surface area contributed by atoms with Crippen LogP contribution in [0.15, 0.2) is 64.2 Å². The first-order valence-electron chi connectivity index (χ1n) is 12.5. The Kier molecular flexibility index (Phi) is 6.16. The number of fused-ring (bicyclic) bond motifs is 1. The largest absolute Gasteiger partial charge is 0.378 e. The maximum atomic E-state index is 13.1. The molecule has 0 saturated carbocycles. The molecule has 4 heterocycles. The topological polar surface area (TPSA) is 94.4 Å². The molecule has 2 saturated heterocycles. The predicted molar refractivity (Wildman–Crippen MR) is 138 cm³/mol. The lowest BCUT2D eigenvalue weighted by atomic mass is 10.1. The van der Waals surface area contributed by atoms with Gasteiger partial charge in [0.1, 0.15) is 5.82 Å². The molecule has 0 aliphatic carbocycles. The van der Waals surface area contributed by atoms with E-state index in [-0.39, 0.29) is 6.10 Å². The fourth-order valence-electron chi connectivity index (χ4n) is 5.12. The molecule has 2 fully saturated rings. The van der Waals surface area contributed by atoms with Crippen LogP contribution in [0.4, 0.5) is 5.69 Å². The summed E-state index contributed by atoms with van der Waals surface area (Å²) in [6.07, 6.45) is 1.93. The molecule has 1 atom stereocenters. The zero-order valence-corrected chi connectivity index (χ0v) is 20.1. The van der Waals surface area contributed by atoms with Crippen molar-refractivity contribution >= 4 is 16.9 Å². The van der Waals surface area contributed by atoms with Crippen molar-refractivity contribution in [2.24, 2.45) is 0 Å². The van der Waals surface area contributed by atoms with E-state index in [1.54, 1.807) is 4.57 Å². The van der Waals surface area contributed by atoms with Crippen LogP contribution in [-0.2, 0) is 22.6 Å². The van der Waals surface area contributed by atoms with Gasteiger partial charge >= 0.3 is 5.69 Å². The second-order valence-corrected chi connectivity index (χ2v) is 9.33. The minimum absolute atomic E-state index is 0.00248. The number of rotatable bonds is 6. The highest BCUT2D eigenvalue weighted by molar-refractivity contribution is 5.77. The van der Waals surface area contributed by atoms with Gasteiger partial charge in [-0.2, -0.15) is 0 Å². The standard InChI is InChI=1S/C27H29N5O4/c33-26-23-25(32(27(34)29-26)17-19-5-2-1-3-6-19)28-24(31(23)18-22-7-4-14-36-22)20-8-10-21(11-9-20)30-12-15-35-16-13-30/h1-3,5-6,8-11,22H,4,7,12-18H2,(H,29,33,34). The monoisotopic (exact) mass is 487 g/mol. The smallest absolute Gasteiger partial charge is 0.330 e. The van der Waals surface area contributed by atoms with E-state index in [2.05, 4.69) is 22.0 Å². The first-order valence-corrected chi connectivity index (χ1v) is 12.5. The minimum Gasteiger partial charge on any atom is -0.378 e. The molecule has 186 valence electrons. The van der Waals surface area contributed by atoms with Crippen molar-refractivity contribution in [3.8, 4) is 11.4 Å². The van der Waals surface area contributed by atoms with Crippen molar-refractivity contribution < 1.29 is 9.47 Å². The van der Waals surface area contributed by atoms with Crippen LogP contribution in [0.2, 0.25) is 0 Å². The zero-order valence-electron chi connectivity index (χ0n) is 20.1. The highest BCUT2D eigenvalue weighted by Gasteiger charge is 2.24. The lowest BCUT2D eigenvalue weighted by Gasteiger charge is -2.28. The molecule has 1 N–H and O–H groups in total. The van der Waals surface area contributed by atoms with E-state index in [1.165, 1.54) is 0 Å². The number of nitrogens with one attached hydrogen (secondary N) is 1. The van der Waals surface area contributed by atoms with Gasteiger partial charge in [0.15, 0.2) is 11.2 Å². The average molecular weight is 488 g/mol.